The van der Waals surface area contributed by atoms with Gasteiger partial charge in [-0.15, -0.1) is 0 Å². The van der Waals surface area contributed by atoms with Crippen LogP contribution < -0.4 is 5.73 Å². The van der Waals surface area contributed by atoms with E-state index in [9.17, 15) is 22.4 Å². The van der Waals surface area contributed by atoms with Crippen LogP contribution in [-0.4, -0.2) is 24.2 Å². The molecule has 2 unspecified atom stereocenters. The van der Waals surface area contributed by atoms with Gasteiger partial charge in [-0.25, -0.2) is 4.39 Å². The predicted octanol–water partition coefficient (Wildman–Crippen LogP) is 0.803. The number of hydrogen-bond donors (Lipinski definition) is 1. The van der Waals surface area contributed by atoms with E-state index < -0.39 is 24.2 Å². The van der Waals surface area contributed by atoms with Gasteiger partial charge in [0.05, 0.1) is 6.04 Å². The maximum absolute atomic E-state index is 12.0. The molecule has 0 rings (SSSR count). The van der Waals surface area contributed by atoms with Crippen LogP contribution in [0, 0.1) is 0 Å². The van der Waals surface area contributed by atoms with Gasteiger partial charge in [-0.05, 0) is 6.92 Å². The molecule has 0 aliphatic rings. The Morgan fingerprint density at radius 1 is 1.45 bits per heavy atom. The molecule has 2 atom stereocenters. The van der Waals surface area contributed by atoms with Gasteiger partial charge in [0.15, 0.2) is 5.78 Å². The molecule has 6 heteroatoms. The molecule has 0 aromatic rings. The molecule has 0 saturated heterocycles. The Morgan fingerprint density at radius 3 is 1.91 bits per heavy atom. The summed E-state index contributed by atoms with van der Waals surface area (Å²) in [5, 5.41) is 0. The zero-order valence-corrected chi connectivity index (χ0v) is 5.65. The molecule has 11 heavy (non-hydrogen) atoms. The molecule has 0 spiro atoms. The third-order valence-corrected chi connectivity index (χ3v) is 0.986. The van der Waals surface area contributed by atoms with E-state index in [2.05, 4.69) is 0 Å². The SMILES string of the molecule is CC(N)C(=O)C(F)C(F)(F)F. The second kappa shape index (κ2) is 3.17. The maximum Gasteiger partial charge on any atom is 0.426 e. The van der Waals surface area contributed by atoms with Crippen LogP contribution >= 0.6 is 0 Å². The van der Waals surface area contributed by atoms with E-state index in [1.807, 2.05) is 0 Å². The minimum Gasteiger partial charge on any atom is -0.322 e. The molecule has 0 heterocycles. The largest absolute Gasteiger partial charge is 0.426 e. The van der Waals surface area contributed by atoms with E-state index in [-0.39, 0.29) is 0 Å². The molecular weight excluding hydrogens is 166 g/mol. The lowest BCUT2D eigenvalue weighted by atomic mass is 10.1. The minimum atomic E-state index is -5.13. The Morgan fingerprint density at radius 2 is 1.82 bits per heavy atom. The van der Waals surface area contributed by atoms with Crippen LogP contribution in [-0.2, 0) is 4.79 Å². The fraction of sp³-hybridized carbons (Fsp3) is 0.800. The summed E-state index contributed by atoms with van der Waals surface area (Å²) in [5.74, 6) is -1.64. The van der Waals surface area contributed by atoms with Gasteiger partial charge in [0.25, 0.3) is 6.17 Å². The predicted molar refractivity (Wildman–Crippen MR) is 29.6 cm³/mol. The Labute approximate surface area is 60.4 Å². The summed E-state index contributed by atoms with van der Waals surface area (Å²) in [7, 11) is 0. The molecule has 0 saturated carbocycles. The first-order chi connectivity index (χ1) is 4.76. The second-order valence-electron chi connectivity index (χ2n) is 2.10. The van der Waals surface area contributed by atoms with Crippen molar-refractivity contribution in [1.82, 2.24) is 0 Å². The average Bonchev–Trinajstić information content (AvgIpc) is 1.82. The number of carbonyl (C=O) groups excluding carboxylic acids is 1. The van der Waals surface area contributed by atoms with Gasteiger partial charge in [0.1, 0.15) is 0 Å². The number of rotatable bonds is 2. The normalized spacial score (nSPS) is 17.6. The highest BCUT2D eigenvalue weighted by atomic mass is 19.4. The summed E-state index contributed by atoms with van der Waals surface area (Å²) in [4.78, 5) is 10.3. The Kier molecular flexibility index (Phi) is 2.98. The standard InChI is InChI=1S/C5H7F4NO/c1-2(10)3(11)4(6)5(7,8)9/h2,4H,10H2,1H3. The molecule has 66 valence electrons. The van der Waals surface area contributed by atoms with Crippen molar-refractivity contribution in [3.63, 3.8) is 0 Å². The number of carbonyl (C=O) groups is 1. The summed E-state index contributed by atoms with van der Waals surface area (Å²) in [6.07, 6.45) is -8.59. The van der Waals surface area contributed by atoms with Crippen LogP contribution in [0.25, 0.3) is 0 Å². The van der Waals surface area contributed by atoms with Gasteiger partial charge in [-0.3, -0.25) is 4.79 Å². The summed E-state index contributed by atoms with van der Waals surface area (Å²) < 4.78 is 46.2. The van der Waals surface area contributed by atoms with Crippen molar-refractivity contribution in [1.29, 1.82) is 0 Å². The monoisotopic (exact) mass is 173 g/mol. The zero-order chi connectivity index (χ0) is 9.23. The molecule has 0 aromatic carbocycles. The van der Waals surface area contributed by atoms with Crippen LogP contribution in [0.2, 0.25) is 0 Å². The highest BCUT2D eigenvalue weighted by molar-refractivity contribution is 5.88. The molecule has 0 aromatic heterocycles. The van der Waals surface area contributed by atoms with Crippen LogP contribution in [0.15, 0.2) is 0 Å². The van der Waals surface area contributed by atoms with Crippen molar-refractivity contribution >= 4 is 5.78 Å². The van der Waals surface area contributed by atoms with Gasteiger partial charge in [0, 0.05) is 0 Å². The second-order valence-corrected chi connectivity index (χ2v) is 2.10. The van der Waals surface area contributed by atoms with E-state index >= 15 is 0 Å². The van der Waals surface area contributed by atoms with E-state index in [0.29, 0.717) is 0 Å². The number of halogens is 4. The molecule has 0 radical (unpaired) electrons. The highest BCUT2D eigenvalue weighted by Crippen LogP contribution is 2.23. The lowest BCUT2D eigenvalue weighted by Gasteiger charge is -2.12. The van der Waals surface area contributed by atoms with Crippen LogP contribution in [0.3, 0.4) is 0 Å². The van der Waals surface area contributed by atoms with E-state index in [1.54, 1.807) is 0 Å². The van der Waals surface area contributed by atoms with E-state index in [4.69, 9.17) is 5.73 Å². The van der Waals surface area contributed by atoms with Gasteiger partial charge in [-0.2, -0.15) is 13.2 Å². The quantitative estimate of drug-likeness (QED) is 0.627. The summed E-state index contributed by atoms with van der Waals surface area (Å²) in [6.45, 7) is 1.00. The number of ketones is 1. The Bertz CT molecular complexity index is 153. The molecule has 2 N–H and O–H groups in total. The maximum atomic E-state index is 12.0. The van der Waals surface area contributed by atoms with Gasteiger partial charge in [0.2, 0.25) is 0 Å². The van der Waals surface area contributed by atoms with Crippen molar-refractivity contribution in [2.75, 3.05) is 0 Å². The van der Waals surface area contributed by atoms with Crippen molar-refractivity contribution < 1.29 is 22.4 Å². The van der Waals surface area contributed by atoms with E-state index in [0.717, 1.165) is 6.92 Å². The van der Waals surface area contributed by atoms with Crippen molar-refractivity contribution in [2.45, 2.75) is 25.3 Å². The molecule has 0 bridgehead atoms. The Balaban J connectivity index is 4.26. The van der Waals surface area contributed by atoms with Crippen molar-refractivity contribution in [3.05, 3.63) is 0 Å². The molecule has 0 fully saturated rings. The third-order valence-electron chi connectivity index (χ3n) is 0.986. The zero-order valence-electron chi connectivity index (χ0n) is 5.65. The number of alkyl halides is 4. The van der Waals surface area contributed by atoms with E-state index in [1.165, 1.54) is 0 Å². The smallest absolute Gasteiger partial charge is 0.322 e. The third kappa shape index (κ3) is 2.83. The molecule has 0 aliphatic heterocycles. The van der Waals surface area contributed by atoms with Crippen LogP contribution in [0.5, 0.6) is 0 Å². The molecule has 0 amide bonds. The van der Waals surface area contributed by atoms with Gasteiger partial charge in [-0.1, -0.05) is 0 Å². The topological polar surface area (TPSA) is 43.1 Å². The number of Topliss-reactive ketones (excluding diaryl/α,β-unsaturated/α-hetero) is 1. The first-order valence-electron chi connectivity index (χ1n) is 2.77. The first kappa shape index (κ1) is 10.3. The average molecular weight is 173 g/mol. The lowest BCUT2D eigenvalue weighted by Crippen LogP contribution is -2.41. The van der Waals surface area contributed by atoms with Crippen molar-refractivity contribution in [2.24, 2.45) is 5.73 Å². The molecule has 0 aliphatic carbocycles. The number of nitrogens with two attached hydrogens (primary N) is 1. The summed E-state index contributed by atoms with van der Waals surface area (Å²) in [6, 6.07) is -1.42. The highest BCUT2D eigenvalue weighted by Gasteiger charge is 2.46. The number of hydrogen-bond acceptors (Lipinski definition) is 2. The first-order valence-corrected chi connectivity index (χ1v) is 2.77. The Hall–Kier alpha value is -0.650. The van der Waals surface area contributed by atoms with Crippen LogP contribution in [0.4, 0.5) is 17.6 Å². The molecule has 2 nitrogen and oxygen atoms in total. The summed E-state index contributed by atoms with van der Waals surface area (Å²) >= 11 is 0. The fourth-order valence-corrected chi connectivity index (χ4v) is 0.392. The minimum absolute atomic E-state index is 1.00. The molecular formula is C5H7F4NO. The van der Waals surface area contributed by atoms with Gasteiger partial charge >= 0.3 is 6.18 Å². The van der Waals surface area contributed by atoms with Crippen LogP contribution in [0.1, 0.15) is 6.92 Å². The van der Waals surface area contributed by atoms with Gasteiger partial charge < -0.3 is 5.73 Å². The summed E-state index contributed by atoms with van der Waals surface area (Å²) in [5.41, 5.74) is 4.74. The fourth-order valence-electron chi connectivity index (χ4n) is 0.392. The van der Waals surface area contributed by atoms with Crippen molar-refractivity contribution in [3.8, 4) is 0 Å². The lowest BCUT2D eigenvalue weighted by molar-refractivity contribution is -0.186.